The maximum Gasteiger partial charge on any atom is 0.274 e. The van der Waals surface area contributed by atoms with Gasteiger partial charge in [-0.1, -0.05) is 17.2 Å². The minimum Gasteiger partial charge on any atom is -0.379 e. The normalized spacial score (nSPS) is 16.9. The SMILES string of the molecule is CC[C@@H](NC(=O)c1cc(CN2CCOCC2)on1)c1nc(C)no1. The predicted molar refractivity (Wildman–Crippen MR) is 82.1 cm³/mol. The highest BCUT2D eigenvalue weighted by atomic mass is 16.5. The second-order valence-corrected chi connectivity index (χ2v) is 5.68. The molecule has 1 saturated heterocycles. The van der Waals surface area contributed by atoms with Gasteiger partial charge in [0.25, 0.3) is 5.91 Å². The Morgan fingerprint density at radius 3 is 2.79 bits per heavy atom. The number of rotatable bonds is 6. The van der Waals surface area contributed by atoms with Crippen LogP contribution >= 0.6 is 0 Å². The van der Waals surface area contributed by atoms with Gasteiger partial charge >= 0.3 is 0 Å². The number of ether oxygens (including phenoxy) is 1. The quantitative estimate of drug-likeness (QED) is 0.836. The van der Waals surface area contributed by atoms with E-state index in [1.54, 1.807) is 13.0 Å². The third-order valence-electron chi connectivity index (χ3n) is 3.83. The van der Waals surface area contributed by atoms with Crippen molar-refractivity contribution in [3.05, 3.63) is 29.2 Å². The molecule has 0 bridgehead atoms. The van der Waals surface area contributed by atoms with Gasteiger partial charge in [-0.3, -0.25) is 9.69 Å². The monoisotopic (exact) mass is 335 g/mol. The molecule has 24 heavy (non-hydrogen) atoms. The molecule has 0 saturated carbocycles. The molecule has 130 valence electrons. The van der Waals surface area contributed by atoms with Gasteiger partial charge in [0.2, 0.25) is 5.89 Å². The lowest BCUT2D eigenvalue weighted by Gasteiger charge is -2.25. The highest BCUT2D eigenvalue weighted by Crippen LogP contribution is 2.16. The van der Waals surface area contributed by atoms with Crippen molar-refractivity contribution in [2.45, 2.75) is 32.9 Å². The summed E-state index contributed by atoms with van der Waals surface area (Å²) in [5.41, 5.74) is 0.243. The van der Waals surface area contributed by atoms with Crippen LogP contribution in [0.5, 0.6) is 0 Å². The van der Waals surface area contributed by atoms with Crippen molar-refractivity contribution in [3.63, 3.8) is 0 Å². The van der Waals surface area contributed by atoms with Gasteiger partial charge in [0.05, 0.1) is 19.8 Å². The minimum atomic E-state index is -0.349. The zero-order chi connectivity index (χ0) is 16.9. The molecule has 2 aromatic heterocycles. The number of nitrogens with one attached hydrogen (secondary N) is 1. The molecule has 3 rings (SSSR count). The van der Waals surface area contributed by atoms with E-state index in [-0.39, 0.29) is 17.6 Å². The Balaban J connectivity index is 1.60. The van der Waals surface area contributed by atoms with E-state index < -0.39 is 0 Å². The summed E-state index contributed by atoms with van der Waals surface area (Å²) >= 11 is 0. The summed E-state index contributed by atoms with van der Waals surface area (Å²) in [7, 11) is 0. The predicted octanol–water partition coefficient (Wildman–Crippen LogP) is 1.08. The molecule has 1 aliphatic rings. The van der Waals surface area contributed by atoms with Crippen LogP contribution in [0.4, 0.5) is 0 Å². The van der Waals surface area contributed by atoms with Gasteiger partial charge in [0.1, 0.15) is 6.04 Å². The molecule has 2 aromatic rings. The summed E-state index contributed by atoms with van der Waals surface area (Å²) < 4.78 is 15.7. The highest BCUT2D eigenvalue weighted by molar-refractivity contribution is 5.92. The van der Waals surface area contributed by atoms with E-state index in [2.05, 4.69) is 25.5 Å². The molecule has 0 aromatic carbocycles. The molecule has 1 amide bonds. The topological polar surface area (TPSA) is 107 Å². The van der Waals surface area contributed by atoms with Crippen molar-refractivity contribution in [2.75, 3.05) is 26.3 Å². The molecule has 9 nitrogen and oxygen atoms in total. The molecule has 0 unspecified atom stereocenters. The molecular formula is C15H21N5O4. The van der Waals surface area contributed by atoms with E-state index in [0.717, 1.165) is 13.1 Å². The van der Waals surface area contributed by atoms with Gasteiger partial charge in [-0.05, 0) is 13.3 Å². The summed E-state index contributed by atoms with van der Waals surface area (Å²) in [6.45, 7) is 7.39. The van der Waals surface area contributed by atoms with Gasteiger partial charge in [-0.15, -0.1) is 0 Å². The number of carbonyl (C=O) groups excluding carboxylic acids is 1. The third-order valence-corrected chi connectivity index (χ3v) is 3.83. The second-order valence-electron chi connectivity index (χ2n) is 5.68. The van der Waals surface area contributed by atoms with Crippen molar-refractivity contribution in [2.24, 2.45) is 0 Å². The van der Waals surface area contributed by atoms with Crippen LogP contribution in [0, 0.1) is 6.92 Å². The van der Waals surface area contributed by atoms with Gasteiger partial charge in [-0.25, -0.2) is 0 Å². The van der Waals surface area contributed by atoms with E-state index in [0.29, 0.717) is 43.7 Å². The molecule has 9 heteroatoms. The van der Waals surface area contributed by atoms with E-state index >= 15 is 0 Å². The van der Waals surface area contributed by atoms with Crippen LogP contribution in [0.15, 0.2) is 15.1 Å². The van der Waals surface area contributed by atoms with Gasteiger partial charge in [0.15, 0.2) is 17.3 Å². The fourth-order valence-electron chi connectivity index (χ4n) is 2.50. The standard InChI is InChI=1S/C15H21N5O4/c1-3-12(15-16-10(2)18-24-15)17-14(21)13-8-11(23-19-13)9-20-4-6-22-7-5-20/h8,12H,3-7,9H2,1-2H3,(H,17,21)/t12-/m1/s1. The van der Waals surface area contributed by atoms with Crippen molar-refractivity contribution >= 4 is 5.91 Å². The average Bonchev–Trinajstić information content (AvgIpc) is 3.22. The summed E-state index contributed by atoms with van der Waals surface area (Å²) in [4.78, 5) is 18.7. The fourth-order valence-corrected chi connectivity index (χ4v) is 2.50. The Hall–Kier alpha value is -2.26. The number of nitrogens with zero attached hydrogens (tertiary/aromatic N) is 4. The average molecular weight is 335 g/mol. The van der Waals surface area contributed by atoms with E-state index in [1.807, 2.05) is 6.92 Å². The molecule has 1 aliphatic heterocycles. The van der Waals surface area contributed by atoms with Gasteiger partial charge in [0, 0.05) is 19.2 Å². The minimum absolute atomic E-state index is 0.243. The number of carbonyl (C=O) groups is 1. The Morgan fingerprint density at radius 1 is 1.33 bits per heavy atom. The van der Waals surface area contributed by atoms with Crippen molar-refractivity contribution in [1.29, 1.82) is 0 Å². The molecule has 0 aliphatic carbocycles. The summed E-state index contributed by atoms with van der Waals surface area (Å²) in [5.74, 6) is 1.26. The van der Waals surface area contributed by atoms with Crippen LogP contribution in [0.25, 0.3) is 0 Å². The molecule has 0 spiro atoms. The Labute approximate surface area is 139 Å². The molecule has 1 atom stereocenters. The smallest absolute Gasteiger partial charge is 0.274 e. The lowest BCUT2D eigenvalue weighted by Crippen LogP contribution is -2.35. The lowest BCUT2D eigenvalue weighted by atomic mass is 10.2. The van der Waals surface area contributed by atoms with Gasteiger partial charge < -0.3 is 19.1 Å². The van der Waals surface area contributed by atoms with E-state index in [4.69, 9.17) is 13.8 Å². The first-order chi connectivity index (χ1) is 11.7. The number of aryl methyl sites for hydroxylation is 1. The van der Waals surface area contributed by atoms with Crippen LogP contribution in [0.2, 0.25) is 0 Å². The van der Waals surface area contributed by atoms with Gasteiger partial charge in [-0.2, -0.15) is 4.98 Å². The lowest BCUT2D eigenvalue weighted by molar-refractivity contribution is 0.0305. The van der Waals surface area contributed by atoms with Crippen LogP contribution in [0.1, 0.15) is 47.4 Å². The first kappa shape index (κ1) is 16.6. The first-order valence-corrected chi connectivity index (χ1v) is 8.02. The number of morpholine rings is 1. The maximum atomic E-state index is 12.3. The van der Waals surface area contributed by atoms with Crippen LogP contribution in [-0.4, -0.2) is 52.4 Å². The van der Waals surface area contributed by atoms with Crippen LogP contribution in [-0.2, 0) is 11.3 Å². The summed E-state index contributed by atoms with van der Waals surface area (Å²) in [6, 6.07) is 1.31. The zero-order valence-electron chi connectivity index (χ0n) is 13.8. The van der Waals surface area contributed by atoms with Crippen LogP contribution in [0.3, 0.4) is 0 Å². The van der Waals surface area contributed by atoms with Crippen molar-refractivity contribution in [1.82, 2.24) is 25.5 Å². The molecule has 1 fully saturated rings. The molecule has 1 N–H and O–H groups in total. The molecule has 0 radical (unpaired) electrons. The van der Waals surface area contributed by atoms with Crippen molar-refractivity contribution in [3.8, 4) is 0 Å². The maximum absolute atomic E-state index is 12.3. The van der Waals surface area contributed by atoms with E-state index in [9.17, 15) is 4.79 Å². The summed E-state index contributed by atoms with van der Waals surface area (Å²) in [5, 5.41) is 10.4. The zero-order valence-corrected chi connectivity index (χ0v) is 13.8. The number of aromatic nitrogens is 3. The third kappa shape index (κ3) is 3.98. The molecule has 3 heterocycles. The largest absolute Gasteiger partial charge is 0.379 e. The molecular weight excluding hydrogens is 314 g/mol. The Kier molecular flexibility index (Phi) is 5.21. The second kappa shape index (κ2) is 7.54. The number of hydrogen-bond acceptors (Lipinski definition) is 8. The van der Waals surface area contributed by atoms with Crippen molar-refractivity contribution < 1.29 is 18.6 Å². The van der Waals surface area contributed by atoms with Crippen LogP contribution < -0.4 is 5.32 Å². The Morgan fingerprint density at radius 2 is 2.12 bits per heavy atom. The highest BCUT2D eigenvalue weighted by Gasteiger charge is 2.22. The fraction of sp³-hybridized carbons (Fsp3) is 0.600. The Bertz CT molecular complexity index is 677. The van der Waals surface area contributed by atoms with E-state index in [1.165, 1.54) is 0 Å². The number of hydrogen-bond donors (Lipinski definition) is 1. The first-order valence-electron chi connectivity index (χ1n) is 8.02. The summed E-state index contributed by atoms with van der Waals surface area (Å²) in [6.07, 6.45) is 0.631. The number of amides is 1.